The first-order valence-corrected chi connectivity index (χ1v) is 5.52. The molecule has 15 heavy (non-hydrogen) atoms. The van der Waals surface area contributed by atoms with E-state index in [-0.39, 0.29) is 0 Å². The fourth-order valence-electron chi connectivity index (χ4n) is 1.39. The van der Waals surface area contributed by atoms with Crippen molar-refractivity contribution in [2.24, 2.45) is 0 Å². The van der Waals surface area contributed by atoms with Gasteiger partial charge in [0.15, 0.2) is 0 Å². The molecule has 0 aliphatic heterocycles. The Morgan fingerprint density at radius 2 is 2.13 bits per heavy atom. The van der Waals surface area contributed by atoms with E-state index in [1.54, 1.807) is 4.68 Å². The molecule has 1 heterocycles. The molecule has 2 rings (SSSR count). The second kappa shape index (κ2) is 3.87. The van der Waals surface area contributed by atoms with Gasteiger partial charge in [-0.15, -0.1) is 0 Å². The minimum Gasteiger partial charge on any atom is -0.382 e. The third-order valence-corrected chi connectivity index (χ3v) is 2.95. The number of rotatable bonds is 1. The highest BCUT2D eigenvalue weighted by molar-refractivity contribution is 9.10. The van der Waals surface area contributed by atoms with Gasteiger partial charge < -0.3 is 5.73 Å². The van der Waals surface area contributed by atoms with E-state index >= 15 is 0 Å². The predicted octanol–water partition coefficient (Wildman–Crippen LogP) is 3.18. The number of aryl methyl sites for hydroxylation is 1. The van der Waals surface area contributed by atoms with E-state index in [4.69, 9.17) is 17.3 Å². The normalized spacial score (nSPS) is 10.6. The first kappa shape index (κ1) is 10.5. The van der Waals surface area contributed by atoms with Crippen LogP contribution in [-0.2, 0) is 0 Å². The van der Waals surface area contributed by atoms with Crippen LogP contribution < -0.4 is 5.73 Å². The molecule has 78 valence electrons. The molecule has 0 amide bonds. The predicted molar refractivity (Wildman–Crippen MR) is 65.4 cm³/mol. The molecule has 0 fully saturated rings. The van der Waals surface area contributed by atoms with Gasteiger partial charge in [0.05, 0.1) is 5.69 Å². The van der Waals surface area contributed by atoms with Crippen molar-refractivity contribution in [1.82, 2.24) is 9.78 Å². The molecule has 0 aliphatic carbocycles. The first-order chi connectivity index (χ1) is 7.08. The standard InChI is InChI=1S/C10H9BrClN3/c1-6-4-10(13)14-15(6)9-5-7(12)2-3-8(9)11/h2-5H,1H3,(H2,13,14). The summed E-state index contributed by atoms with van der Waals surface area (Å²) in [4.78, 5) is 0. The molecule has 1 aromatic carbocycles. The van der Waals surface area contributed by atoms with Crippen LogP contribution in [0.25, 0.3) is 5.69 Å². The van der Waals surface area contributed by atoms with Crippen molar-refractivity contribution in [3.05, 3.63) is 39.5 Å². The van der Waals surface area contributed by atoms with Crippen LogP contribution in [0.15, 0.2) is 28.7 Å². The summed E-state index contributed by atoms with van der Waals surface area (Å²) in [7, 11) is 0. The molecule has 0 aliphatic rings. The van der Waals surface area contributed by atoms with E-state index in [1.165, 1.54) is 0 Å². The highest BCUT2D eigenvalue weighted by atomic mass is 79.9. The molecule has 0 saturated heterocycles. The second-order valence-corrected chi connectivity index (χ2v) is 4.51. The lowest BCUT2D eigenvalue weighted by Crippen LogP contribution is -2.00. The topological polar surface area (TPSA) is 43.8 Å². The van der Waals surface area contributed by atoms with Crippen LogP contribution in [0.1, 0.15) is 5.69 Å². The lowest BCUT2D eigenvalue weighted by molar-refractivity contribution is 0.847. The van der Waals surface area contributed by atoms with Gasteiger partial charge in [-0.05, 0) is 41.1 Å². The minimum atomic E-state index is 0.499. The number of nitrogen functional groups attached to an aromatic ring is 1. The maximum atomic E-state index is 5.93. The van der Waals surface area contributed by atoms with Gasteiger partial charge in [0, 0.05) is 21.3 Å². The van der Waals surface area contributed by atoms with Gasteiger partial charge >= 0.3 is 0 Å². The molecule has 3 nitrogen and oxygen atoms in total. The molecule has 2 N–H and O–H groups in total. The third kappa shape index (κ3) is 2.01. The van der Waals surface area contributed by atoms with Gasteiger partial charge in [-0.1, -0.05) is 11.6 Å². The zero-order valence-electron chi connectivity index (χ0n) is 8.04. The minimum absolute atomic E-state index is 0.499. The summed E-state index contributed by atoms with van der Waals surface area (Å²) in [5, 5.41) is 4.86. The van der Waals surface area contributed by atoms with Crippen molar-refractivity contribution in [1.29, 1.82) is 0 Å². The van der Waals surface area contributed by atoms with Crippen molar-refractivity contribution in [3.8, 4) is 5.69 Å². The van der Waals surface area contributed by atoms with Crippen molar-refractivity contribution < 1.29 is 0 Å². The number of nitrogens with zero attached hydrogens (tertiary/aromatic N) is 2. The van der Waals surface area contributed by atoms with Crippen LogP contribution in [0.3, 0.4) is 0 Å². The lowest BCUT2D eigenvalue weighted by atomic mass is 10.3. The molecule has 0 bridgehead atoms. The number of nitrogens with two attached hydrogens (primary N) is 1. The summed E-state index contributed by atoms with van der Waals surface area (Å²) in [5.74, 6) is 0.499. The Morgan fingerprint density at radius 1 is 1.40 bits per heavy atom. The molecular formula is C10H9BrClN3. The lowest BCUT2D eigenvalue weighted by Gasteiger charge is -2.06. The number of aromatic nitrogens is 2. The van der Waals surface area contributed by atoms with Gasteiger partial charge in [-0.2, -0.15) is 5.10 Å². The molecule has 1 aromatic heterocycles. The largest absolute Gasteiger partial charge is 0.382 e. The fourth-order valence-corrected chi connectivity index (χ4v) is 1.97. The van der Waals surface area contributed by atoms with E-state index in [0.29, 0.717) is 10.8 Å². The second-order valence-electron chi connectivity index (χ2n) is 3.22. The average molecular weight is 287 g/mol. The van der Waals surface area contributed by atoms with Crippen molar-refractivity contribution in [3.63, 3.8) is 0 Å². The van der Waals surface area contributed by atoms with Gasteiger partial charge in [0.1, 0.15) is 5.82 Å². The van der Waals surface area contributed by atoms with Crippen LogP contribution in [0, 0.1) is 6.92 Å². The van der Waals surface area contributed by atoms with E-state index in [2.05, 4.69) is 21.0 Å². The number of halogens is 2. The molecule has 5 heteroatoms. The number of hydrogen-bond donors (Lipinski definition) is 1. The average Bonchev–Trinajstić information content (AvgIpc) is 2.50. The Morgan fingerprint density at radius 3 is 2.73 bits per heavy atom. The molecule has 0 spiro atoms. The molecule has 2 aromatic rings. The Kier molecular flexibility index (Phi) is 2.71. The van der Waals surface area contributed by atoms with Crippen LogP contribution in [-0.4, -0.2) is 9.78 Å². The third-order valence-electron chi connectivity index (χ3n) is 2.04. The van der Waals surface area contributed by atoms with Crippen LogP contribution >= 0.6 is 27.5 Å². The van der Waals surface area contributed by atoms with E-state index in [1.807, 2.05) is 31.2 Å². The molecule has 0 unspecified atom stereocenters. The maximum Gasteiger partial charge on any atom is 0.146 e. The summed E-state index contributed by atoms with van der Waals surface area (Å²) in [6, 6.07) is 7.35. The number of hydrogen-bond acceptors (Lipinski definition) is 2. The fraction of sp³-hybridized carbons (Fsp3) is 0.100. The van der Waals surface area contributed by atoms with Crippen molar-refractivity contribution in [2.45, 2.75) is 6.92 Å². The summed E-state index contributed by atoms with van der Waals surface area (Å²) in [6.45, 7) is 1.94. The maximum absolute atomic E-state index is 5.93. The van der Waals surface area contributed by atoms with Crippen LogP contribution in [0.2, 0.25) is 5.02 Å². The van der Waals surface area contributed by atoms with E-state index in [0.717, 1.165) is 15.9 Å². The molecule has 0 saturated carbocycles. The Labute approximate surface area is 101 Å². The Bertz CT molecular complexity index is 507. The van der Waals surface area contributed by atoms with Crippen LogP contribution in [0.5, 0.6) is 0 Å². The van der Waals surface area contributed by atoms with E-state index in [9.17, 15) is 0 Å². The van der Waals surface area contributed by atoms with Gasteiger partial charge in [0.25, 0.3) is 0 Å². The molecule has 0 radical (unpaired) electrons. The highest BCUT2D eigenvalue weighted by Gasteiger charge is 2.08. The first-order valence-electron chi connectivity index (χ1n) is 4.35. The Balaban J connectivity index is 2.62. The zero-order chi connectivity index (χ0) is 11.0. The summed E-state index contributed by atoms with van der Waals surface area (Å²) in [5.41, 5.74) is 7.48. The highest BCUT2D eigenvalue weighted by Crippen LogP contribution is 2.25. The van der Waals surface area contributed by atoms with Crippen molar-refractivity contribution in [2.75, 3.05) is 5.73 Å². The smallest absolute Gasteiger partial charge is 0.146 e. The number of benzene rings is 1. The summed E-state index contributed by atoms with van der Waals surface area (Å²) >= 11 is 9.38. The number of anilines is 1. The zero-order valence-corrected chi connectivity index (χ0v) is 10.4. The SMILES string of the molecule is Cc1cc(N)nn1-c1cc(Cl)ccc1Br. The monoisotopic (exact) mass is 285 g/mol. The van der Waals surface area contributed by atoms with Gasteiger partial charge in [-0.25, -0.2) is 4.68 Å². The molecular weight excluding hydrogens is 277 g/mol. The van der Waals surface area contributed by atoms with Crippen LogP contribution in [0.4, 0.5) is 5.82 Å². The summed E-state index contributed by atoms with van der Waals surface area (Å²) < 4.78 is 2.68. The van der Waals surface area contributed by atoms with E-state index < -0.39 is 0 Å². The quantitative estimate of drug-likeness (QED) is 0.875. The van der Waals surface area contributed by atoms with Crippen molar-refractivity contribution >= 4 is 33.3 Å². The molecule has 0 atom stereocenters. The van der Waals surface area contributed by atoms with Gasteiger partial charge in [0.2, 0.25) is 0 Å². The van der Waals surface area contributed by atoms with Gasteiger partial charge in [-0.3, -0.25) is 0 Å². The summed E-state index contributed by atoms with van der Waals surface area (Å²) in [6.07, 6.45) is 0. The Hall–Kier alpha value is -1.000.